The zero-order valence-electron chi connectivity index (χ0n) is 17.5. The van der Waals surface area contributed by atoms with Crippen molar-refractivity contribution in [1.29, 1.82) is 0 Å². The number of hydrogen-bond acceptors (Lipinski definition) is 7. The SMILES string of the molecule is Cn1c(=O)c2cnc(Nc3ccc(Cl)cc3)nc2n1-c1cccc(OC2CCNCC2)n1. The van der Waals surface area contributed by atoms with E-state index in [0.717, 1.165) is 31.6 Å². The fourth-order valence-corrected chi connectivity index (χ4v) is 3.87. The van der Waals surface area contributed by atoms with Crippen molar-refractivity contribution in [3.8, 4) is 11.7 Å². The van der Waals surface area contributed by atoms with Crippen LogP contribution in [0.5, 0.6) is 5.88 Å². The normalized spacial score (nSPS) is 14.6. The Labute approximate surface area is 189 Å². The predicted octanol–water partition coefficient (Wildman–Crippen LogP) is 3.04. The predicted molar refractivity (Wildman–Crippen MR) is 123 cm³/mol. The van der Waals surface area contributed by atoms with Gasteiger partial charge in [0.1, 0.15) is 11.5 Å². The highest BCUT2D eigenvalue weighted by Gasteiger charge is 2.18. The summed E-state index contributed by atoms with van der Waals surface area (Å²) in [6.07, 6.45) is 3.52. The van der Waals surface area contributed by atoms with Gasteiger partial charge in [0.15, 0.2) is 11.5 Å². The molecule has 3 aromatic heterocycles. The number of nitrogens with zero attached hydrogens (tertiary/aromatic N) is 5. The zero-order valence-corrected chi connectivity index (χ0v) is 18.2. The average Bonchev–Trinajstić information content (AvgIpc) is 3.06. The number of anilines is 2. The Bertz CT molecular complexity index is 1310. The minimum absolute atomic E-state index is 0.127. The molecule has 4 aromatic rings. The number of aromatic nitrogens is 5. The lowest BCUT2D eigenvalue weighted by atomic mass is 10.1. The summed E-state index contributed by atoms with van der Waals surface area (Å²) in [5.74, 6) is 1.43. The largest absolute Gasteiger partial charge is 0.474 e. The maximum Gasteiger partial charge on any atom is 0.277 e. The summed E-state index contributed by atoms with van der Waals surface area (Å²) in [5.41, 5.74) is 1.04. The Morgan fingerprint density at radius 2 is 1.91 bits per heavy atom. The highest BCUT2D eigenvalue weighted by molar-refractivity contribution is 6.30. The van der Waals surface area contributed by atoms with Crippen LogP contribution in [0.15, 0.2) is 53.5 Å². The maximum atomic E-state index is 12.8. The molecule has 0 saturated carbocycles. The van der Waals surface area contributed by atoms with E-state index in [4.69, 9.17) is 16.3 Å². The van der Waals surface area contributed by atoms with Gasteiger partial charge in [-0.1, -0.05) is 17.7 Å². The number of pyridine rings is 1. The minimum Gasteiger partial charge on any atom is -0.474 e. The lowest BCUT2D eigenvalue weighted by Gasteiger charge is -2.23. The second kappa shape index (κ2) is 8.60. The van der Waals surface area contributed by atoms with Gasteiger partial charge in [0.05, 0.1) is 0 Å². The van der Waals surface area contributed by atoms with Crippen molar-refractivity contribution in [1.82, 2.24) is 29.6 Å². The molecule has 1 fully saturated rings. The monoisotopic (exact) mass is 451 g/mol. The third-order valence-corrected chi connectivity index (χ3v) is 5.65. The lowest BCUT2D eigenvalue weighted by molar-refractivity contribution is 0.156. The van der Waals surface area contributed by atoms with E-state index in [2.05, 4.69) is 25.6 Å². The first kappa shape index (κ1) is 20.5. The molecule has 1 saturated heterocycles. The van der Waals surface area contributed by atoms with Crippen molar-refractivity contribution >= 4 is 34.3 Å². The second-order valence-corrected chi connectivity index (χ2v) is 8.04. The van der Waals surface area contributed by atoms with Gasteiger partial charge in [0.25, 0.3) is 5.56 Å². The van der Waals surface area contributed by atoms with Crippen molar-refractivity contribution in [2.75, 3.05) is 18.4 Å². The molecular formula is C22H22ClN7O2. The molecule has 164 valence electrons. The summed E-state index contributed by atoms with van der Waals surface area (Å²) in [6, 6.07) is 12.7. The molecule has 1 aliphatic rings. The van der Waals surface area contributed by atoms with Crippen LogP contribution in [0, 0.1) is 0 Å². The maximum absolute atomic E-state index is 12.8. The molecule has 5 rings (SSSR count). The van der Waals surface area contributed by atoms with Crippen LogP contribution in [-0.4, -0.2) is 43.5 Å². The summed E-state index contributed by atoms with van der Waals surface area (Å²) in [4.78, 5) is 26.3. The topological polar surface area (TPSA) is 98.9 Å². The summed E-state index contributed by atoms with van der Waals surface area (Å²) >= 11 is 5.96. The molecule has 32 heavy (non-hydrogen) atoms. The van der Waals surface area contributed by atoms with E-state index in [0.29, 0.717) is 33.7 Å². The van der Waals surface area contributed by atoms with E-state index in [1.165, 1.54) is 10.9 Å². The molecule has 0 radical (unpaired) electrons. The molecule has 1 aromatic carbocycles. The van der Waals surface area contributed by atoms with Gasteiger partial charge in [-0.25, -0.2) is 14.3 Å². The number of hydrogen-bond donors (Lipinski definition) is 2. The fourth-order valence-electron chi connectivity index (χ4n) is 3.75. The van der Waals surface area contributed by atoms with E-state index in [1.807, 2.05) is 30.3 Å². The van der Waals surface area contributed by atoms with Gasteiger partial charge < -0.3 is 15.4 Å². The van der Waals surface area contributed by atoms with Gasteiger partial charge in [-0.05, 0) is 56.3 Å². The van der Waals surface area contributed by atoms with Gasteiger partial charge in [-0.3, -0.25) is 4.79 Å². The molecule has 1 aliphatic heterocycles. The van der Waals surface area contributed by atoms with E-state index in [-0.39, 0.29) is 11.7 Å². The van der Waals surface area contributed by atoms with Crippen LogP contribution < -0.4 is 20.9 Å². The Morgan fingerprint density at radius 3 is 2.69 bits per heavy atom. The molecule has 0 aliphatic carbocycles. The van der Waals surface area contributed by atoms with Crippen molar-refractivity contribution in [3.05, 3.63) is 64.0 Å². The average molecular weight is 452 g/mol. The third kappa shape index (κ3) is 4.04. The van der Waals surface area contributed by atoms with Gasteiger partial charge >= 0.3 is 0 Å². The van der Waals surface area contributed by atoms with E-state index >= 15 is 0 Å². The number of piperidine rings is 1. The first-order chi connectivity index (χ1) is 15.6. The van der Waals surface area contributed by atoms with E-state index < -0.39 is 0 Å². The molecule has 9 nitrogen and oxygen atoms in total. The number of ether oxygens (including phenoxy) is 1. The molecule has 0 amide bonds. The number of fused-ring (bicyclic) bond motifs is 1. The molecular weight excluding hydrogens is 430 g/mol. The van der Waals surface area contributed by atoms with E-state index in [9.17, 15) is 4.79 Å². The Morgan fingerprint density at radius 1 is 1.12 bits per heavy atom. The van der Waals surface area contributed by atoms with Crippen LogP contribution in [0.4, 0.5) is 11.6 Å². The standard InChI is InChI=1S/C22H22ClN7O2/c1-29-21(31)17-13-25-22(26-15-7-5-14(23)6-8-15)28-20(17)30(29)18-3-2-4-19(27-18)32-16-9-11-24-12-10-16/h2-8,13,16,24H,9-12H2,1H3,(H,25,26,28). The molecule has 4 heterocycles. The summed E-state index contributed by atoms with van der Waals surface area (Å²) in [6.45, 7) is 1.86. The Balaban J connectivity index is 1.51. The zero-order chi connectivity index (χ0) is 22.1. The molecule has 0 unspecified atom stereocenters. The molecule has 0 spiro atoms. The van der Waals surface area contributed by atoms with Crippen molar-refractivity contribution in [2.45, 2.75) is 18.9 Å². The molecule has 2 N–H and O–H groups in total. The number of rotatable bonds is 5. The highest BCUT2D eigenvalue weighted by atomic mass is 35.5. The highest BCUT2D eigenvalue weighted by Crippen LogP contribution is 2.21. The van der Waals surface area contributed by atoms with Crippen LogP contribution in [0.2, 0.25) is 5.02 Å². The summed E-state index contributed by atoms with van der Waals surface area (Å²) in [7, 11) is 1.68. The van der Waals surface area contributed by atoms with Gasteiger partial charge in [0.2, 0.25) is 11.8 Å². The van der Waals surface area contributed by atoms with Crippen LogP contribution in [0.25, 0.3) is 16.9 Å². The second-order valence-electron chi connectivity index (χ2n) is 7.60. The fraction of sp³-hybridized carbons (Fsp3) is 0.273. The summed E-state index contributed by atoms with van der Waals surface area (Å²) in [5, 5.41) is 7.51. The van der Waals surface area contributed by atoms with Crippen molar-refractivity contribution in [3.63, 3.8) is 0 Å². The summed E-state index contributed by atoms with van der Waals surface area (Å²) < 4.78 is 9.22. The first-order valence-electron chi connectivity index (χ1n) is 10.4. The Hall–Kier alpha value is -3.43. The van der Waals surface area contributed by atoms with Gasteiger partial charge in [-0.2, -0.15) is 9.97 Å². The van der Waals surface area contributed by atoms with Crippen molar-refractivity contribution in [2.24, 2.45) is 7.05 Å². The third-order valence-electron chi connectivity index (χ3n) is 5.39. The smallest absolute Gasteiger partial charge is 0.277 e. The molecule has 0 bridgehead atoms. The number of nitrogens with one attached hydrogen (secondary N) is 2. The van der Waals surface area contributed by atoms with E-state index in [1.54, 1.807) is 23.9 Å². The van der Waals surface area contributed by atoms with Crippen LogP contribution in [-0.2, 0) is 7.05 Å². The van der Waals surface area contributed by atoms with Crippen molar-refractivity contribution < 1.29 is 4.74 Å². The lowest BCUT2D eigenvalue weighted by Crippen LogP contribution is -2.34. The number of halogens is 1. The van der Waals surface area contributed by atoms with Gasteiger partial charge in [-0.15, -0.1) is 0 Å². The minimum atomic E-state index is -0.204. The molecule has 0 atom stereocenters. The van der Waals surface area contributed by atoms with Gasteiger partial charge in [0, 0.05) is 30.0 Å². The van der Waals surface area contributed by atoms with Crippen LogP contribution in [0.1, 0.15) is 12.8 Å². The quantitative estimate of drug-likeness (QED) is 0.481. The number of benzene rings is 1. The Kier molecular flexibility index (Phi) is 5.50. The van der Waals surface area contributed by atoms with Crippen LogP contribution >= 0.6 is 11.6 Å². The first-order valence-corrected chi connectivity index (χ1v) is 10.8. The molecule has 10 heteroatoms. The van der Waals surface area contributed by atoms with Crippen LogP contribution in [0.3, 0.4) is 0 Å².